The van der Waals surface area contributed by atoms with Gasteiger partial charge in [0, 0.05) is 28.9 Å². The number of hydrogen-bond donors (Lipinski definition) is 0. The normalized spacial score (nSPS) is 11.4. The van der Waals surface area contributed by atoms with Crippen molar-refractivity contribution in [1.29, 1.82) is 0 Å². The predicted octanol–water partition coefficient (Wildman–Crippen LogP) is 3.95. The molecule has 0 N–H and O–H groups in total. The Hall–Kier alpha value is -1.76. The summed E-state index contributed by atoms with van der Waals surface area (Å²) in [5.74, 6) is 0. The zero-order chi connectivity index (χ0) is 11.3. The fourth-order valence-electron chi connectivity index (χ4n) is 2.55. The van der Waals surface area contributed by atoms with Crippen LogP contribution < -0.4 is 0 Å². The summed E-state index contributed by atoms with van der Waals surface area (Å²) in [6.45, 7) is 4.33. The minimum absolute atomic E-state index is 1.31. The maximum atomic E-state index is 2.28. The zero-order valence-electron chi connectivity index (χ0n) is 9.91. The van der Waals surface area contributed by atoms with E-state index in [4.69, 9.17) is 0 Å². The highest BCUT2D eigenvalue weighted by molar-refractivity contribution is 6.09. The Labute approximate surface area is 95.3 Å². The Morgan fingerprint density at radius 3 is 2.56 bits per heavy atom. The summed E-state index contributed by atoms with van der Waals surface area (Å²) in [5.41, 5.74) is 5.31. The van der Waals surface area contributed by atoms with Gasteiger partial charge in [0.25, 0.3) is 0 Å². The molecule has 0 unspecified atom stereocenters. The summed E-state index contributed by atoms with van der Waals surface area (Å²) in [4.78, 5) is 0. The number of rotatable bonds is 0. The average molecular weight is 209 g/mol. The van der Waals surface area contributed by atoms with Crippen LogP contribution in [0.25, 0.3) is 21.8 Å². The number of benzene rings is 2. The van der Waals surface area contributed by atoms with Gasteiger partial charge in [-0.05, 0) is 37.6 Å². The quantitative estimate of drug-likeness (QED) is 0.528. The van der Waals surface area contributed by atoms with Crippen LogP contribution in [0.4, 0.5) is 0 Å². The molecule has 0 saturated heterocycles. The van der Waals surface area contributed by atoms with Gasteiger partial charge in [-0.3, -0.25) is 0 Å². The largest absolute Gasteiger partial charge is 0.344 e. The summed E-state index contributed by atoms with van der Waals surface area (Å²) in [6.07, 6.45) is 0. The topological polar surface area (TPSA) is 4.93 Å². The van der Waals surface area contributed by atoms with Gasteiger partial charge < -0.3 is 4.57 Å². The fraction of sp³-hybridized carbons (Fsp3) is 0.200. The highest BCUT2D eigenvalue weighted by atomic mass is 14.9. The van der Waals surface area contributed by atoms with E-state index in [0.29, 0.717) is 0 Å². The summed E-state index contributed by atoms with van der Waals surface area (Å²) in [5, 5.41) is 2.76. The van der Waals surface area contributed by atoms with Gasteiger partial charge >= 0.3 is 0 Å². The van der Waals surface area contributed by atoms with E-state index in [-0.39, 0.29) is 0 Å². The maximum Gasteiger partial charge on any atom is 0.0491 e. The minimum atomic E-state index is 1.31. The third kappa shape index (κ3) is 1.12. The molecule has 3 rings (SSSR count). The van der Waals surface area contributed by atoms with Crippen LogP contribution in [-0.2, 0) is 7.05 Å². The van der Waals surface area contributed by atoms with Crippen LogP contribution in [0.1, 0.15) is 11.1 Å². The zero-order valence-corrected chi connectivity index (χ0v) is 9.91. The van der Waals surface area contributed by atoms with Crippen molar-refractivity contribution in [3.63, 3.8) is 0 Å². The van der Waals surface area contributed by atoms with Crippen molar-refractivity contribution in [2.45, 2.75) is 13.8 Å². The molecule has 0 spiro atoms. The monoisotopic (exact) mass is 209 g/mol. The fourth-order valence-corrected chi connectivity index (χ4v) is 2.55. The molecule has 1 heteroatoms. The summed E-state index contributed by atoms with van der Waals surface area (Å²) < 4.78 is 2.27. The number of aromatic nitrogens is 1. The van der Waals surface area contributed by atoms with Crippen molar-refractivity contribution in [3.8, 4) is 0 Å². The molecule has 1 aromatic heterocycles. The van der Waals surface area contributed by atoms with Crippen LogP contribution in [0.5, 0.6) is 0 Å². The van der Waals surface area contributed by atoms with Crippen LogP contribution >= 0.6 is 0 Å². The van der Waals surface area contributed by atoms with Crippen molar-refractivity contribution < 1.29 is 0 Å². The molecule has 80 valence electrons. The molecule has 0 amide bonds. The van der Waals surface area contributed by atoms with E-state index < -0.39 is 0 Å². The summed E-state index contributed by atoms with van der Waals surface area (Å²) in [6, 6.07) is 13.2. The lowest BCUT2D eigenvalue weighted by molar-refractivity contribution is 1.01. The second kappa shape index (κ2) is 3.11. The highest BCUT2D eigenvalue weighted by Crippen LogP contribution is 2.30. The van der Waals surface area contributed by atoms with Gasteiger partial charge in [0.2, 0.25) is 0 Å². The van der Waals surface area contributed by atoms with Gasteiger partial charge in [-0.1, -0.05) is 23.8 Å². The second-order valence-electron chi connectivity index (χ2n) is 4.55. The van der Waals surface area contributed by atoms with Crippen molar-refractivity contribution in [1.82, 2.24) is 4.57 Å². The van der Waals surface area contributed by atoms with Crippen molar-refractivity contribution in [2.75, 3.05) is 0 Å². The lowest BCUT2D eigenvalue weighted by Crippen LogP contribution is -1.86. The first-order valence-electron chi connectivity index (χ1n) is 5.63. The highest BCUT2D eigenvalue weighted by Gasteiger charge is 2.09. The Bertz CT molecular complexity index is 689. The van der Waals surface area contributed by atoms with Gasteiger partial charge in [-0.15, -0.1) is 0 Å². The first-order chi connectivity index (χ1) is 7.68. The Morgan fingerprint density at radius 1 is 0.938 bits per heavy atom. The number of fused-ring (bicyclic) bond motifs is 3. The van der Waals surface area contributed by atoms with Crippen LogP contribution in [0.15, 0.2) is 36.4 Å². The smallest absolute Gasteiger partial charge is 0.0491 e. The number of nitrogens with zero attached hydrogens (tertiary/aromatic N) is 1. The molecule has 2 aromatic carbocycles. The molecule has 0 bridgehead atoms. The Kier molecular flexibility index (Phi) is 1.84. The summed E-state index contributed by atoms with van der Waals surface area (Å²) >= 11 is 0. The van der Waals surface area contributed by atoms with Gasteiger partial charge in [-0.2, -0.15) is 0 Å². The van der Waals surface area contributed by atoms with E-state index in [1.165, 1.54) is 32.9 Å². The van der Waals surface area contributed by atoms with Crippen LogP contribution in [-0.4, -0.2) is 4.57 Å². The molecule has 0 atom stereocenters. The van der Waals surface area contributed by atoms with Gasteiger partial charge in [0.05, 0.1) is 0 Å². The first kappa shape index (κ1) is 9.46. The van der Waals surface area contributed by atoms with Crippen LogP contribution in [0, 0.1) is 13.8 Å². The van der Waals surface area contributed by atoms with Gasteiger partial charge in [-0.25, -0.2) is 0 Å². The van der Waals surface area contributed by atoms with E-state index in [9.17, 15) is 0 Å². The van der Waals surface area contributed by atoms with Crippen LogP contribution in [0.3, 0.4) is 0 Å². The number of hydrogen-bond acceptors (Lipinski definition) is 0. The van der Waals surface area contributed by atoms with E-state index in [2.05, 4.69) is 61.9 Å². The molecular weight excluding hydrogens is 194 g/mol. The standard InChI is InChI=1S/C15H15N/c1-10-7-8-13-12(9-10)15-11(2)5-4-6-14(15)16(13)3/h4-9H,1-3H3. The summed E-state index contributed by atoms with van der Waals surface area (Å²) in [7, 11) is 2.14. The molecule has 0 fully saturated rings. The van der Waals surface area contributed by atoms with E-state index in [1.807, 2.05) is 0 Å². The van der Waals surface area contributed by atoms with Crippen molar-refractivity contribution in [3.05, 3.63) is 47.5 Å². The lowest BCUT2D eigenvalue weighted by atomic mass is 10.1. The van der Waals surface area contributed by atoms with E-state index in [1.54, 1.807) is 0 Å². The van der Waals surface area contributed by atoms with E-state index >= 15 is 0 Å². The molecule has 0 saturated carbocycles. The lowest BCUT2D eigenvalue weighted by Gasteiger charge is -1.97. The second-order valence-corrected chi connectivity index (χ2v) is 4.55. The SMILES string of the molecule is Cc1ccc2c(c1)c1c(C)cccc1n2C. The van der Waals surface area contributed by atoms with Gasteiger partial charge in [0.15, 0.2) is 0 Å². The number of aryl methyl sites for hydroxylation is 3. The molecule has 0 radical (unpaired) electrons. The molecular formula is C15H15N. The molecule has 16 heavy (non-hydrogen) atoms. The third-order valence-corrected chi connectivity index (χ3v) is 3.39. The van der Waals surface area contributed by atoms with Crippen LogP contribution in [0.2, 0.25) is 0 Å². The van der Waals surface area contributed by atoms with Crippen molar-refractivity contribution >= 4 is 21.8 Å². The molecule has 0 aliphatic heterocycles. The molecule has 0 aliphatic carbocycles. The average Bonchev–Trinajstić information content (AvgIpc) is 2.54. The van der Waals surface area contributed by atoms with Gasteiger partial charge in [0.1, 0.15) is 0 Å². The van der Waals surface area contributed by atoms with Crippen molar-refractivity contribution in [2.24, 2.45) is 7.05 Å². The third-order valence-electron chi connectivity index (χ3n) is 3.39. The molecule has 0 aliphatic rings. The molecule has 3 aromatic rings. The maximum absolute atomic E-state index is 2.28. The molecule has 1 heterocycles. The Balaban J connectivity index is 2.66. The van der Waals surface area contributed by atoms with E-state index in [0.717, 1.165) is 0 Å². The first-order valence-corrected chi connectivity index (χ1v) is 5.63. The minimum Gasteiger partial charge on any atom is -0.344 e. The Morgan fingerprint density at radius 2 is 1.75 bits per heavy atom. The predicted molar refractivity (Wildman–Crippen MR) is 69.9 cm³/mol. The molecule has 1 nitrogen and oxygen atoms in total.